The topological polar surface area (TPSA) is 59.2 Å². The van der Waals surface area contributed by atoms with Gasteiger partial charge in [-0.05, 0) is 18.0 Å². The normalized spacial score (nSPS) is 16.8. The summed E-state index contributed by atoms with van der Waals surface area (Å²) in [5.74, 6) is 0.589. The van der Waals surface area contributed by atoms with E-state index in [4.69, 9.17) is 0 Å². The highest BCUT2D eigenvalue weighted by Crippen LogP contribution is 2.15. The second-order valence-corrected chi connectivity index (χ2v) is 2.74. The molecular formula is C7H9N3O2. The van der Waals surface area contributed by atoms with Crippen LogP contribution in [0, 0.1) is 0 Å². The Kier molecular flexibility index (Phi) is 1.77. The van der Waals surface area contributed by atoms with E-state index in [1.807, 2.05) is 4.90 Å². The van der Waals surface area contributed by atoms with Crippen molar-refractivity contribution < 1.29 is 9.32 Å². The summed E-state index contributed by atoms with van der Waals surface area (Å²) in [6.45, 7) is 1.91. The van der Waals surface area contributed by atoms with Crippen LogP contribution in [-0.2, 0) is 0 Å². The van der Waals surface area contributed by atoms with Gasteiger partial charge >= 0.3 is 0 Å². The number of aromatic nitrogens is 2. The third kappa shape index (κ3) is 1.17. The first-order chi connectivity index (χ1) is 5.90. The molecule has 12 heavy (non-hydrogen) atoms. The lowest BCUT2D eigenvalue weighted by atomic mass is 10.4. The van der Waals surface area contributed by atoms with Gasteiger partial charge in [0.05, 0.1) is 0 Å². The molecule has 0 bridgehead atoms. The summed E-state index contributed by atoms with van der Waals surface area (Å²) in [6, 6.07) is 0. The van der Waals surface area contributed by atoms with E-state index in [0.717, 1.165) is 25.9 Å². The minimum Gasteiger partial charge on any atom is -0.338 e. The molecule has 0 unspecified atom stereocenters. The second kappa shape index (κ2) is 2.92. The van der Waals surface area contributed by atoms with Crippen molar-refractivity contribution in [3.05, 3.63) is 5.89 Å². The fraction of sp³-hybridized carbons (Fsp3) is 0.571. The number of anilines is 1. The molecule has 0 atom stereocenters. The van der Waals surface area contributed by atoms with E-state index >= 15 is 0 Å². The van der Waals surface area contributed by atoms with Gasteiger partial charge in [0.2, 0.25) is 6.29 Å². The number of rotatable bonds is 2. The molecule has 0 saturated carbocycles. The molecule has 0 radical (unpaired) electrons. The van der Waals surface area contributed by atoms with Crippen molar-refractivity contribution in [1.82, 2.24) is 10.1 Å². The van der Waals surface area contributed by atoms with Gasteiger partial charge < -0.3 is 9.42 Å². The molecule has 0 N–H and O–H groups in total. The lowest BCUT2D eigenvalue weighted by Gasteiger charge is -2.09. The summed E-state index contributed by atoms with van der Waals surface area (Å²) in [4.78, 5) is 16.1. The highest BCUT2D eigenvalue weighted by molar-refractivity contribution is 5.67. The number of hydrogen-bond donors (Lipinski definition) is 0. The minimum atomic E-state index is 0.0527. The molecule has 5 heteroatoms. The summed E-state index contributed by atoms with van der Waals surface area (Å²) in [5.41, 5.74) is 0. The monoisotopic (exact) mass is 167 g/mol. The van der Waals surface area contributed by atoms with Crippen LogP contribution in [0.1, 0.15) is 23.5 Å². The zero-order valence-electron chi connectivity index (χ0n) is 6.56. The number of carbonyl (C=O) groups excluding carboxylic acids is 1. The van der Waals surface area contributed by atoms with Crippen LogP contribution in [0.4, 0.5) is 5.95 Å². The molecule has 1 aliphatic heterocycles. The van der Waals surface area contributed by atoms with E-state index in [1.54, 1.807) is 0 Å². The quantitative estimate of drug-likeness (QED) is 0.599. The van der Waals surface area contributed by atoms with Gasteiger partial charge in [-0.1, -0.05) is 0 Å². The maximum absolute atomic E-state index is 10.2. The Morgan fingerprint density at radius 3 is 2.75 bits per heavy atom. The molecule has 64 valence electrons. The van der Waals surface area contributed by atoms with Crippen molar-refractivity contribution in [2.75, 3.05) is 18.0 Å². The third-order valence-electron chi connectivity index (χ3n) is 1.92. The minimum absolute atomic E-state index is 0.0527. The number of aldehydes is 1. The molecule has 2 rings (SSSR count). The molecule has 0 aliphatic carbocycles. The fourth-order valence-corrected chi connectivity index (χ4v) is 1.32. The van der Waals surface area contributed by atoms with E-state index < -0.39 is 0 Å². The molecule has 0 spiro atoms. The zero-order chi connectivity index (χ0) is 8.39. The summed E-state index contributed by atoms with van der Waals surface area (Å²) < 4.78 is 4.66. The predicted octanol–water partition coefficient (Wildman–Crippen LogP) is 0.482. The van der Waals surface area contributed by atoms with Gasteiger partial charge in [-0.2, -0.15) is 4.98 Å². The Morgan fingerprint density at radius 1 is 1.42 bits per heavy atom. The van der Waals surface area contributed by atoms with Crippen LogP contribution in [0.2, 0.25) is 0 Å². The van der Waals surface area contributed by atoms with Gasteiger partial charge in [0.15, 0.2) is 0 Å². The predicted molar refractivity (Wildman–Crippen MR) is 41.1 cm³/mol. The van der Waals surface area contributed by atoms with Crippen LogP contribution in [-0.4, -0.2) is 29.5 Å². The molecule has 1 aromatic heterocycles. The van der Waals surface area contributed by atoms with Crippen molar-refractivity contribution in [2.24, 2.45) is 0 Å². The highest BCUT2D eigenvalue weighted by Gasteiger charge is 2.17. The van der Waals surface area contributed by atoms with Crippen LogP contribution in [0.25, 0.3) is 0 Å². The summed E-state index contributed by atoms with van der Waals surface area (Å²) in [5, 5.41) is 3.68. The maximum Gasteiger partial charge on any atom is 0.292 e. The SMILES string of the molecule is O=Cc1nc(N2CCCC2)no1. The van der Waals surface area contributed by atoms with Gasteiger partial charge in [0, 0.05) is 13.1 Å². The van der Waals surface area contributed by atoms with Crippen LogP contribution < -0.4 is 4.90 Å². The molecule has 1 aliphatic rings. The molecule has 5 nitrogen and oxygen atoms in total. The third-order valence-corrected chi connectivity index (χ3v) is 1.92. The van der Waals surface area contributed by atoms with Gasteiger partial charge in [-0.15, -0.1) is 0 Å². The zero-order valence-corrected chi connectivity index (χ0v) is 6.56. The second-order valence-electron chi connectivity index (χ2n) is 2.74. The number of hydrogen-bond acceptors (Lipinski definition) is 5. The molecule has 0 amide bonds. The van der Waals surface area contributed by atoms with Crippen molar-refractivity contribution >= 4 is 12.2 Å². The Labute approximate surface area is 69.4 Å². The van der Waals surface area contributed by atoms with E-state index in [2.05, 4.69) is 14.7 Å². The molecular weight excluding hydrogens is 158 g/mol. The van der Waals surface area contributed by atoms with Crippen molar-refractivity contribution in [1.29, 1.82) is 0 Å². The van der Waals surface area contributed by atoms with E-state index in [1.165, 1.54) is 0 Å². The van der Waals surface area contributed by atoms with E-state index in [9.17, 15) is 4.79 Å². The Bertz CT molecular complexity index is 278. The smallest absolute Gasteiger partial charge is 0.292 e. The summed E-state index contributed by atoms with van der Waals surface area (Å²) in [6.07, 6.45) is 2.88. The fourth-order valence-electron chi connectivity index (χ4n) is 1.32. The van der Waals surface area contributed by atoms with Gasteiger partial charge in [-0.25, -0.2) is 0 Å². The van der Waals surface area contributed by atoms with E-state index in [-0.39, 0.29) is 5.89 Å². The first-order valence-electron chi connectivity index (χ1n) is 3.94. The molecule has 1 saturated heterocycles. The summed E-state index contributed by atoms with van der Waals surface area (Å²) in [7, 11) is 0. The first-order valence-corrected chi connectivity index (χ1v) is 3.94. The average Bonchev–Trinajstić information content (AvgIpc) is 2.75. The molecule has 1 aromatic rings. The molecule has 0 aromatic carbocycles. The van der Waals surface area contributed by atoms with E-state index in [0.29, 0.717) is 12.2 Å². The van der Waals surface area contributed by atoms with Gasteiger partial charge in [0.1, 0.15) is 0 Å². The maximum atomic E-state index is 10.2. The standard InChI is InChI=1S/C7H9N3O2/c11-5-6-8-7(9-12-6)10-3-1-2-4-10/h5H,1-4H2. The van der Waals surface area contributed by atoms with Crippen molar-refractivity contribution in [3.63, 3.8) is 0 Å². The lowest BCUT2D eigenvalue weighted by Crippen LogP contribution is -2.18. The summed E-state index contributed by atoms with van der Waals surface area (Å²) >= 11 is 0. The van der Waals surface area contributed by atoms with Crippen LogP contribution in [0.15, 0.2) is 4.52 Å². The van der Waals surface area contributed by atoms with Crippen LogP contribution in [0.5, 0.6) is 0 Å². The molecule has 2 heterocycles. The average molecular weight is 167 g/mol. The van der Waals surface area contributed by atoms with Crippen LogP contribution >= 0.6 is 0 Å². The largest absolute Gasteiger partial charge is 0.338 e. The molecule has 1 fully saturated rings. The highest BCUT2D eigenvalue weighted by atomic mass is 16.5. The Morgan fingerprint density at radius 2 is 2.17 bits per heavy atom. The van der Waals surface area contributed by atoms with Gasteiger partial charge in [0.25, 0.3) is 11.8 Å². The van der Waals surface area contributed by atoms with Crippen LogP contribution in [0.3, 0.4) is 0 Å². The number of nitrogens with zero attached hydrogens (tertiary/aromatic N) is 3. The van der Waals surface area contributed by atoms with Crippen molar-refractivity contribution in [2.45, 2.75) is 12.8 Å². The Balaban J connectivity index is 2.16. The Hall–Kier alpha value is -1.39. The van der Waals surface area contributed by atoms with Crippen molar-refractivity contribution in [3.8, 4) is 0 Å². The number of carbonyl (C=O) groups is 1. The van der Waals surface area contributed by atoms with Gasteiger partial charge in [-0.3, -0.25) is 4.79 Å². The first kappa shape index (κ1) is 7.27. The lowest BCUT2D eigenvalue weighted by molar-refractivity contribution is 0.108.